The van der Waals surface area contributed by atoms with Gasteiger partial charge in [-0.1, -0.05) is 42.1 Å². The Hall–Kier alpha value is -2.62. The lowest BCUT2D eigenvalue weighted by molar-refractivity contribution is -0.230. The summed E-state index contributed by atoms with van der Waals surface area (Å²) in [5.74, 6) is -1.80. The molecule has 1 aliphatic rings. The van der Waals surface area contributed by atoms with Crippen molar-refractivity contribution in [3.8, 4) is 0 Å². The largest absolute Gasteiger partial charge is 0.463 e. The van der Waals surface area contributed by atoms with Gasteiger partial charge >= 0.3 is 17.9 Å². The van der Waals surface area contributed by atoms with Crippen LogP contribution in [0.25, 0.3) is 10.8 Å². The molecule has 2 aromatic carbocycles. The van der Waals surface area contributed by atoms with E-state index in [1.54, 1.807) is 0 Å². The zero-order chi connectivity index (χ0) is 22.5. The molecule has 0 unspecified atom stereocenters. The van der Waals surface area contributed by atoms with Gasteiger partial charge in [-0.05, 0) is 22.9 Å². The van der Waals surface area contributed by atoms with Crippen LogP contribution in [0.5, 0.6) is 0 Å². The lowest BCUT2D eigenvalue weighted by Gasteiger charge is -2.42. The SMILES string of the molecule is CC(=O)OC[C@H]1O[C@@H](Sc2ccc3ccccc3c2)[C@H](OC(C)=O)[C@@H](OC(C)=O)[C@H]1O. The summed E-state index contributed by atoms with van der Waals surface area (Å²) >= 11 is 1.26. The number of ether oxygens (including phenoxy) is 4. The Morgan fingerprint density at radius 3 is 2.23 bits per heavy atom. The van der Waals surface area contributed by atoms with Crippen LogP contribution >= 0.6 is 11.8 Å². The van der Waals surface area contributed by atoms with Gasteiger partial charge in [0.1, 0.15) is 24.3 Å². The predicted molar refractivity (Wildman–Crippen MR) is 112 cm³/mol. The normalized spacial score (nSPS) is 25.6. The van der Waals surface area contributed by atoms with Gasteiger partial charge in [-0.15, -0.1) is 0 Å². The number of carbonyl (C=O) groups excluding carboxylic acids is 3. The van der Waals surface area contributed by atoms with Crippen LogP contribution in [0.15, 0.2) is 47.4 Å². The Balaban J connectivity index is 1.91. The van der Waals surface area contributed by atoms with Crippen LogP contribution in [0.2, 0.25) is 0 Å². The molecule has 2 aromatic rings. The molecule has 31 heavy (non-hydrogen) atoms. The van der Waals surface area contributed by atoms with Crippen LogP contribution in [0, 0.1) is 0 Å². The maximum atomic E-state index is 11.7. The molecule has 0 spiro atoms. The highest BCUT2D eigenvalue weighted by Crippen LogP contribution is 2.37. The molecule has 0 aliphatic carbocycles. The maximum absolute atomic E-state index is 11.7. The monoisotopic (exact) mass is 448 g/mol. The summed E-state index contributed by atoms with van der Waals surface area (Å²) in [6.45, 7) is 3.41. The van der Waals surface area contributed by atoms with Gasteiger partial charge in [0.25, 0.3) is 0 Å². The lowest BCUT2D eigenvalue weighted by Crippen LogP contribution is -2.60. The highest BCUT2D eigenvalue weighted by molar-refractivity contribution is 7.99. The Bertz CT molecular complexity index is 961. The highest BCUT2D eigenvalue weighted by atomic mass is 32.2. The van der Waals surface area contributed by atoms with Crippen molar-refractivity contribution in [1.82, 2.24) is 0 Å². The smallest absolute Gasteiger partial charge is 0.303 e. The van der Waals surface area contributed by atoms with Crippen LogP contribution in [-0.4, -0.2) is 59.5 Å². The van der Waals surface area contributed by atoms with Crippen molar-refractivity contribution in [2.75, 3.05) is 6.61 Å². The van der Waals surface area contributed by atoms with Crippen LogP contribution in [-0.2, 0) is 33.3 Å². The fourth-order valence-electron chi connectivity index (χ4n) is 3.34. The Morgan fingerprint density at radius 2 is 1.58 bits per heavy atom. The molecule has 3 rings (SSSR count). The van der Waals surface area contributed by atoms with Crippen molar-refractivity contribution >= 4 is 40.4 Å². The van der Waals surface area contributed by atoms with E-state index in [-0.39, 0.29) is 6.61 Å². The second-order valence-electron chi connectivity index (χ2n) is 7.11. The summed E-state index contributed by atoms with van der Waals surface area (Å²) in [4.78, 5) is 35.5. The number of aliphatic hydroxyl groups is 1. The molecular formula is C22H24O8S. The second kappa shape index (κ2) is 10.1. The third kappa shape index (κ3) is 5.96. The molecule has 0 saturated carbocycles. The number of hydrogen-bond donors (Lipinski definition) is 1. The standard InChI is InChI=1S/C22H24O8S/c1-12(23)27-11-18-19(26)20(28-13(2)24)21(29-14(3)25)22(30-18)31-17-9-8-15-6-4-5-7-16(15)10-17/h4-10,18-22,26H,11H2,1-3H3/t18-,19+,20+,21-,22+/m1/s1. The van der Waals surface area contributed by atoms with Crippen molar-refractivity contribution in [3.05, 3.63) is 42.5 Å². The molecule has 0 aromatic heterocycles. The molecule has 0 amide bonds. The first-order valence-corrected chi connectivity index (χ1v) is 10.6. The third-order valence-corrected chi connectivity index (χ3v) is 5.78. The molecule has 1 saturated heterocycles. The third-order valence-electron chi connectivity index (χ3n) is 4.65. The van der Waals surface area contributed by atoms with E-state index in [1.807, 2.05) is 42.5 Å². The van der Waals surface area contributed by atoms with Crippen LogP contribution in [0.3, 0.4) is 0 Å². The van der Waals surface area contributed by atoms with E-state index in [0.29, 0.717) is 0 Å². The summed E-state index contributed by atoms with van der Waals surface area (Å²) < 4.78 is 21.6. The highest BCUT2D eigenvalue weighted by Gasteiger charge is 2.50. The number of carbonyl (C=O) groups is 3. The van der Waals surface area contributed by atoms with Crippen molar-refractivity contribution in [3.63, 3.8) is 0 Å². The Morgan fingerprint density at radius 1 is 0.935 bits per heavy atom. The van der Waals surface area contributed by atoms with Crippen molar-refractivity contribution in [1.29, 1.82) is 0 Å². The van der Waals surface area contributed by atoms with Crippen molar-refractivity contribution in [2.24, 2.45) is 0 Å². The number of benzene rings is 2. The number of fused-ring (bicyclic) bond motifs is 1. The fraction of sp³-hybridized carbons (Fsp3) is 0.409. The van der Waals surface area contributed by atoms with Gasteiger partial charge < -0.3 is 24.1 Å². The quantitative estimate of drug-likeness (QED) is 0.526. The zero-order valence-corrected chi connectivity index (χ0v) is 18.2. The molecule has 5 atom stereocenters. The van der Waals surface area contributed by atoms with Gasteiger partial charge in [0.05, 0.1) is 0 Å². The van der Waals surface area contributed by atoms with Crippen molar-refractivity contribution < 1.29 is 38.4 Å². The van der Waals surface area contributed by atoms with Gasteiger partial charge in [-0.25, -0.2) is 0 Å². The molecule has 0 bridgehead atoms. The summed E-state index contributed by atoms with van der Waals surface area (Å²) in [6.07, 6.45) is -4.59. The number of hydrogen-bond acceptors (Lipinski definition) is 9. The minimum atomic E-state index is -1.36. The molecule has 8 nitrogen and oxygen atoms in total. The molecule has 166 valence electrons. The van der Waals surface area contributed by atoms with Gasteiger partial charge in [-0.2, -0.15) is 0 Å². The van der Waals surface area contributed by atoms with Gasteiger partial charge in [0.15, 0.2) is 12.2 Å². The average Bonchev–Trinajstić information content (AvgIpc) is 2.71. The topological polar surface area (TPSA) is 108 Å². The summed E-state index contributed by atoms with van der Waals surface area (Å²) in [6, 6.07) is 13.6. The van der Waals surface area contributed by atoms with E-state index in [9.17, 15) is 19.5 Å². The van der Waals surface area contributed by atoms with E-state index in [0.717, 1.165) is 15.7 Å². The Labute approximate surface area is 183 Å². The van der Waals surface area contributed by atoms with E-state index in [2.05, 4.69) is 0 Å². The zero-order valence-electron chi connectivity index (χ0n) is 17.3. The van der Waals surface area contributed by atoms with Crippen LogP contribution < -0.4 is 0 Å². The first-order chi connectivity index (χ1) is 14.7. The second-order valence-corrected chi connectivity index (χ2v) is 8.28. The number of rotatable bonds is 6. The Kier molecular flexibility index (Phi) is 7.53. The van der Waals surface area contributed by atoms with Gasteiger partial charge in [-0.3, -0.25) is 14.4 Å². The first-order valence-electron chi connectivity index (χ1n) is 9.71. The lowest BCUT2D eigenvalue weighted by atomic mass is 9.99. The van der Waals surface area contributed by atoms with E-state index < -0.39 is 47.8 Å². The minimum Gasteiger partial charge on any atom is -0.463 e. The number of aliphatic hydroxyl groups excluding tert-OH is 1. The van der Waals surface area contributed by atoms with Crippen LogP contribution in [0.1, 0.15) is 20.8 Å². The molecule has 9 heteroatoms. The summed E-state index contributed by atoms with van der Waals surface area (Å²) in [7, 11) is 0. The minimum absolute atomic E-state index is 0.240. The first kappa shape index (κ1) is 23.1. The van der Waals surface area contributed by atoms with Gasteiger partial charge in [0.2, 0.25) is 0 Å². The van der Waals surface area contributed by atoms with Crippen molar-refractivity contribution in [2.45, 2.75) is 55.5 Å². The van der Waals surface area contributed by atoms with Crippen LogP contribution in [0.4, 0.5) is 0 Å². The van der Waals surface area contributed by atoms with E-state index in [4.69, 9.17) is 18.9 Å². The average molecular weight is 448 g/mol. The summed E-state index contributed by atoms with van der Waals surface area (Å²) in [5.41, 5.74) is -0.821. The van der Waals surface area contributed by atoms with Gasteiger partial charge in [0, 0.05) is 25.7 Å². The van der Waals surface area contributed by atoms with E-state index in [1.165, 1.54) is 32.5 Å². The fourth-order valence-corrected chi connectivity index (χ4v) is 4.49. The summed E-state index contributed by atoms with van der Waals surface area (Å²) in [5, 5.41) is 12.8. The molecule has 1 heterocycles. The maximum Gasteiger partial charge on any atom is 0.303 e. The number of esters is 3. The molecule has 0 radical (unpaired) electrons. The molecule has 1 fully saturated rings. The predicted octanol–water partition coefficient (Wildman–Crippen LogP) is 2.44. The molecule has 1 aliphatic heterocycles. The number of thioether (sulfide) groups is 1. The molecular weight excluding hydrogens is 424 g/mol. The molecule has 1 N–H and O–H groups in total. The van der Waals surface area contributed by atoms with E-state index >= 15 is 0 Å².